The molecule has 0 aliphatic carbocycles. The molecule has 1 saturated heterocycles. The smallest absolute Gasteiger partial charge is 0.0419 e. The second kappa shape index (κ2) is 4.93. The average Bonchev–Trinajstić information content (AvgIpc) is 2.76. The predicted octanol–water partition coefficient (Wildman–Crippen LogP) is 3.13. The van der Waals surface area contributed by atoms with E-state index in [2.05, 4.69) is 42.3 Å². The summed E-state index contributed by atoms with van der Waals surface area (Å²) in [6, 6.07) is 6.78. The molecular formula is C16H24N2. The Labute approximate surface area is 110 Å². The third-order valence-electron chi connectivity index (χ3n) is 4.27. The molecular weight excluding hydrogens is 220 g/mol. The van der Waals surface area contributed by atoms with E-state index in [-0.39, 0.29) is 0 Å². The molecule has 0 aromatic heterocycles. The number of piperidine rings is 1. The van der Waals surface area contributed by atoms with Crippen LogP contribution in [0.15, 0.2) is 18.2 Å². The van der Waals surface area contributed by atoms with Gasteiger partial charge in [-0.1, -0.05) is 32.0 Å². The highest BCUT2D eigenvalue weighted by atomic mass is 15.1. The lowest BCUT2D eigenvalue weighted by atomic mass is 9.91. The van der Waals surface area contributed by atoms with Crippen molar-refractivity contribution in [3.63, 3.8) is 0 Å². The van der Waals surface area contributed by atoms with E-state index in [1.54, 1.807) is 0 Å². The summed E-state index contributed by atoms with van der Waals surface area (Å²) in [7, 11) is 0. The van der Waals surface area contributed by atoms with Crippen molar-refractivity contribution in [1.29, 1.82) is 0 Å². The van der Waals surface area contributed by atoms with Gasteiger partial charge in [0.2, 0.25) is 0 Å². The van der Waals surface area contributed by atoms with Gasteiger partial charge in [-0.15, -0.1) is 0 Å². The van der Waals surface area contributed by atoms with Gasteiger partial charge in [0, 0.05) is 31.9 Å². The average molecular weight is 244 g/mol. The number of nitrogens with zero attached hydrogens (tertiary/aromatic N) is 1. The number of anilines is 1. The minimum atomic E-state index is 0.846. The summed E-state index contributed by atoms with van der Waals surface area (Å²) >= 11 is 0. The number of hydrogen-bond acceptors (Lipinski definition) is 2. The first kappa shape index (κ1) is 12.0. The predicted molar refractivity (Wildman–Crippen MR) is 76.9 cm³/mol. The molecule has 18 heavy (non-hydrogen) atoms. The van der Waals surface area contributed by atoms with Crippen molar-refractivity contribution in [2.75, 3.05) is 25.0 Å². The fourth-order valence-electron chi connectivity index (χ4n) is 3.70. The normalized spacial score (nSPS) is 27.9. The third-order valence-corrected chi connectivity index (χ3v) is 4.27. The molecule has 0 spiro atoms. The molecule has 2 aliphatic rings. The number of rotatable bonds is 2. The van der Waals surface area contributed by atoms with Crippen LogP contribution in [-0.2, 0) is 13.0 Å². The SMILES string of the molecule is CC1CC(C)CN(Cc2cccc3c2NCC3)C1. The second-order valence-corrected chi connectivity index (χ2v) is 6.27. The quantitative estimate of drug-likeness (QED) is 0.860. The number of benzene rings is 1. The zero-order valence-corrected chi connectivity index (χ0v) is 11.6. The van der Waals surface area contributed by atoms with Gasteiger partial charge >= 0.3 is 0 Å². The Morgan fingerprint density at radius 1 is 1.22 bits per heavy atom. The Hall–Kier alpha value is -1.02. The maximum absolute atomic E-state index is 3.55. The number of hydrogen-bond donors (Lipinski definition) is 1. The van der Waals surface area contributed by atoms with Crippen molar-refractivity contribution in [2.24, 2.45) is 11.8 Å². The van der Waals surface area contributed by atoms with Crippen LogP contribution in [0.5, 0.6) is 0 Å². The zero-order valence-electron chi connectivity index (χ0n) is 11.6. The summed E-state index contributed by atoms with van der Waals surface area (Å²) in [5.41, 5.74) is 4.42. The van der Waals surface area contributed by atoms with Crippen LogP contribution in [0.25, 0.3) is 0 Å². The first-order chi connectivity index (χ1) is 8.72. The first-order valence-corrected chi connectivity index (χ1v) is 7.29. The van der Waals surface area contributed by atoms with E-state index in [0.717, 1.165) is 24.9 Å². The molecule has 2 unspecified atom stereocenters. The van der Waals surface area contributed by atoms with Crippen molar-refractivity contribution >= 4 is 5.69 Å². The van der Waals surface area contributed by atoms with Gasteiger partial charge in [-0.2, -0.15) is 0 Å². The molecule has 2 heteroatoms. The van der Waals surface area contributed by atoms with Crippen molar-refractivity contribution in [3.05, 3.63) is 29.3 Å². The van der Waals surface area contributed by atoms with Crippen LogP contribution in [0.4, 0.5) is 5.69 Å². The molecule has 1 aromatic carbocycles. The highest BCUT2D eigenvalue weighted by molar-refractivity contribution is 5.61. The highest BCUT2D eigenvalue weighted by Gasteiger charge is 2.23. The van der Waals surface area contributed by atoms with E-state index in [1.165, 1.54) is 42.7 Å². The maximum atomic E-state index is 3.55. The Bertz CT molecular complexity index is 417. The number of likely N-dealkylation sites (tertiary alicyclic amines) is 1. The number of fused-ring (bicyclic) bond motifs is 1. The molecule has 0 amide bonds. The monoisotopic (exact) mass is 244 g/mol. The maximum Gasteiger partial charge on any atom is 0.0419 e. The lowest BCUT2D eigenvalue weighted by Crippen LogP contribution is -2.38. The van der Waals surface area contributed by atoms with Gasteiger partial charge in [0.1, 0.15) is 0 Å². The zero-order chi connectivity index (χ0) is 12.5. The topological polar surface area (TPSA) is 15.3 Å². The lowest BCUT2D eigenvalue weighted by molar-refractivity contribution is 0.134. The third kappa shape index (κ3) is 2.39. The molecule has 98 valence electrons. The van der Waals surface area contributed by atoms with Crippen LogP contribution >= 0.6 is 0 Å². The largest absolute Gasteiger partial charge is 0.384 e. The van der Waals surface area contributed by atoms with Gasteiger partial charge in [0.25, 0.3) is 0 Å². The minimum Gasteiger partial charge on any atom is -0.384 e. The van der Waals surface area contributed by atoms with E-state index in [0.29, 0.717) is 0 Å². The molecule has 1 aromatic rings. The highest BCUT2D eigenvalue weighted by Crippen LogP contribution is 2.29. The summed E-state index contributed by atoms with van der Waals surface area (Å²) in [5, 5.41) is 3.55. The molecule has 0 bridgehead atoms. The fourth-order valence-corrected chi connectivity index (χ4v) is 3.70. The standard InChI is InChI=1S/C16H24N2/c1-12-8-13(2)10-18(9-12)11-15-5-3-4-14-6-7-17-16(14)15/h3-5,12-13,17H,6-11H2,1-2H3. The Morgan fingerprint density at radius 3 is 2.78 bits per heavy atom. The summed E-state index contributed by atoms with van der Waals surface area (Å²) in [4.78, 5) is 2.63. The van der Waals surface area contributed by atoms with E-state index in [9.17, 15) is 0 Å². The fraction of sp³-hybridized carbons (Fsp3) is 0.625. The molecule has 2 aliphatic heterocycles. The number of para-hydroxylation sites is 1. The van der Waals surface area contributed by atoms with Gasteiger partial charge in [-0.05, 0) is 35.8 Å². The molecule has 3 rings (SSSR count). The van der Waals surface area contributed by atoms with Crippen molar-refractivity contribution < 1.29 is 0 Å². The van der Waals surface area contributed by atoms with E-state index in [1.807, 2.05) is 0 Å². The molecule has 0 saturated carbocycles. The summed E-state index contributed by atoms with van der Waals surface area (Å²) in [5.74, 6) is 1.69. The van der Waals surface area contributed by atoms with Crippen LogP contribution in [0.2, 0.25) is 0 Å². The van der Waals surface area contributed by atoms with Crippen LogP contribution in [0.1, 0.15) is 31.4 Å². The summed E-state index contributed by atoms with van der Waals surface area (Å²) < 4.78 is 0. The van der Waals surface area contributed by atoms with Crippen LogP contribution < -0.4 is 5.32 Å². The van der Waals surface area contributed by atoms with Crippen LogP contribution in [-0.4, -0.2) is 24.5 Å². The Balaban J connectivity index is 1.75. The summed E-state index contributed by atoms with van der Waals surface area (Å²) in [6.07, 6.45) is 2.58. The van der Waals surface area contributed by atoms with Gasteiger partial charge in [0.05, 0.1) is 0 Å². The number of nitrogens with one attached hydrogen (secondary N) is 1. The Kier molecular flexibility index (Phi) is 3.29. The van der Waals surface area contributed by atoms with Crippen LogP contribution in [0, 0.1) is 11.8 Å². The molecule has 2 atom stereocenters. The van der Waals surface area contributed by atoms with E-state index < -0.39 is 0 Å². The lowest BCUT2D eigenvalue weighted by Gasteiger charge is -2.35. The van der Waals surface area contributed by atoms with Gasteiger partial charge in [-0.25, -0.2) is 0 Å². The molecule has 2 heterocycles. The molecule has 1 N–H and O–H groups in total. The molecule has 2 nitrogen and oxygen atoms in total. The van der Waals surface area contributed by atoms with E-state index >= 15 is 0 Å². The van der Waals surface area contributed by atoms with Gasteiger partial charge < -0.3 is 5.32 Å². The van der Waals surface area contributed by atoms with Crippen molar-refractivity contribution in [1.82, 2.24) is 4.90 Å². The summed E-state index contributed by atoms with van der Waals surface area (Å²) in [6.45, 7) is 9.51. The van der Waals surface area contributed by atoms with Gasteiger partial charge in [-0.3, -0.25) is 4.90 Å². The van der Waals surface area contributed by atoms with Crippen molar-refractivity contribution in [2.45, 2.75) is 33.2 Å². The Morgan fingerprint density at radius 2 is 2.00 bits per heavy atom. The molecule has 0 radical (unpaired) electrons. The van der Waals surface area contributed by atoms with Crippen molar-refractivity contribution in [3.8, 4) is 0 Å². The second-order valence-electron chi connectivity index (χ2n) is 6.27. The van der Waals surface area contributed by atoms with Gasteiger partial charge in [0.15, 0.2) is 0 Å². The molecule has 1 fully saturated rings. The van der Waals surface area contributed by atoms with E-state index in [4.69, 9.17) is 0 Å². The minimum absolute atomic E-state index is 0.846. The first-order valence-electron chi connectivity index (χ1n) is 7.29. The van der Waals surface area contributed by atoms with Crippen LogP contribution in [0.3, 0.4) is 0 Å².